The minimum Gasteiger partial charge on any atom is -0.369 e. The SMILES string of the molecule is CCN(CC(N)C#N)c1cccc2ccccc12. The summed E-state index contributed by atoms with van der Waals surface area (Å²) in [5, 5.41) is 11.2. The molecule has 0 heterocycles. The van der Waals surface area contributed by atoms with Crippen LogP contribution in [0.4, 0.5) is 5.69 Å². The van der Waals surface area contributed by atoms with E-state index in [1.165, 1.54) is 10.8 Å². The molecule has 0 aliphatic carbocycles. The van der Waals surface area contributed by atoms with Gasteiger partial charge >= 0.3 is 0 Å². The van der Waals surface area contributed by atoms with Crippen LogP contribution in [0.15, 0.2) is 42.5 Å². The Balaban J connectivity index is 2.42. The second kappa shape index (κ2) is 5.52. The lowest BCUT2D eigenvalue weighted by atomic mass is 10.1. The zero-order valence-electron chi connectivity index (χ0n) is 10.5. The number of hydrogen-bond donors (Lipinski definition) is 1. The Kier molecular flexibility index (Phi) is 3.81. The average molecular weight is 239 g/mol. The highest BCUT2D eigenvalue weighted by Gasteiger charge is 2.11. The van der Waals surface area contributed by atoms with E-state index in [0.29, 0.717) is 6.54 Å². The summed E-state index contributed by atoms with van der Waals surface area (Å²) in [7, 11) is 0. The van der Waals surface area contributed by atoms with Gasteiger partial charge in [0.05, 0.1) is 6.07 Å². The molecule has 1 unspecified atom stereocenters. The number of nitrogens with two attached hydrogens (primary N) is 1. The fourth-order valence-electron chi connectivity index (χ4n) is 2.16. The Hall–Kier alpha value is -2.05. The number of rotatable bonds is 4. The van der Waals surface area contributed by atoms with Gasteiger partial charge in [0.25, 0.3) is 0 Å². The average Bonchev–Trinajstić information content (AvgIpc) is 2.44. The van der Waals surface area contributed by atoms with Crippen LogP contribution in [0.2, 0.25) is 0 Å². The topological polar surface area (TPSA) is 53.0 Å². The van der Waals surface area contributed by atoms with Gasteiger partial charge in [0.2, 0.25) is 0 Å². The first kappa shape index (κ1) is 12.4. The number of likely N-dealkylation sites (N-methyl/N-ethyl adjacent to an activating group) is 1. The maximum Gasteiger partial charge on any atom is 0.110 e. The Bertz CT molecular complexity index is 566. The standard InChI is InChI=1S/C15H17N3/c1-2-18(11-13(17)10-16)15-9-5-7-12-6-3-4-8-14(12)15/h3-9,13H,2,11,17H2,1H3. The Morgan fingerprint density at radius 1 is 1.22 bits per heavy atom. The molecular weight excluding hydrogens is 222 g/mol. The summed E-state index contributed by atoms with van der Waals surface area (Å²) in [6.45, 7) is 3.47. The molecule has 2 N–H and O–H groups in total. The largest absolute Gasteiger partial charge is 0.369 e. The summed E-state index contributed by atoms with van der Waals surface area (Å²) in [4.78, 5) is 2.15. The minimum absolute atomic E-state index is 0.455. The van der Waals surface area contributed by atoms with Crippen LogP contribution in [0, 0.1) is 11.3 Å². The summed E-state index contributed by atoms with van der Waals surface area (Å²) < 4.78 is 0. The van der Waals surface area contributed by atoms with Crippen molar-refractivity contribution >= 4 is 16.5 Å². The highest BCUT2D eigenvalue weighted by atomic mass is 15.1. The second-order valence-corrected chi connectivity index (χ2v) is 4.27. The van der Waals surface area contributed by atoms with Gasteiger partial charge in [-0.15, -0.1) is 0 Å². The Morgan fingerprint density at radius 2 is 1.94 bits per heavy atom. The number of fused-ring (bicyclic) bond motifs is 1. The third-order valence-electron chi connectivity index (χ3n) is 3.07. The van der Waals surface area contributed by atoms with E-state index in [2.05, 4.69) is 42.2 Å². The smallest absolute Gasteiger partial charge is 0.110 e. The van der Waals surface area contributed by atoms with Crippen molar-refractivity contribution in [2.24, 2.45) is 5.73 Å². The number of benzene rings is 2. The number of nitriles is 1. The molecule has 0 saturated carbocycles. The monoisotopic (exact) mass is 239 g/mol. The molecule has 0 aliphatic heterocycles. The lowest BCUT2D eigenvalue weighted by Crippen LogP contribution is -2.36. The molecular formula is C15H17N3. The summed E-state index contributed by atoms with van der Waals surface area (Å²) in [5.74, 6) is 0. The van der Waals surface area contributed by atoms with Crippen molar-refractivity contribution in [3.63, 3.8) is 0 Å². The first-order chi connectivity index (χ1) is 8.76. The van der Waals surface area contributed by atoms with E-state index < -0.39 is 6.04 Å². The lowest BCUT2D eigenvalue weighted by molar-refractivity contribution is 0.746. The summed E-state index contributed by atoms with van der Waals surface area (Å²) in [6, 6.07) is 16.1. The summed E-state index contributed by atoms with van der Waals surface area (Å²) >= 11 is 0. The van der Waals surface area contributed by atoms with Crippen molar-refractivity contribution in [1.82, 2.24) is 0 Å². The third-order valence-corrected chi connectivity index (χ3v) is 3.07. The predicted molar refractivity (Wildman–Crippen MR) is 75.4 cm³/mol. The van der Waals surface area contributed by atoms with E-state index >= 15 is 0 Å². The molecule has 3 heteroatoms. The van der Waals surface area contributed by atoms with Crippen LogP contribution in [0.1, 0.15) is 6.92 Å². The van der Waals surface area contributed by atoms with Gasteiger partial charge in [-0.05, 0) is 18.4 Å². The molecule has 92 valence electrons. The quantitative estimate of drug-likeness (QED) is 0.892. The fraction of sp³-hybridized carbons (Fsp3) is 0.267. The molecule has 1 atom stereocenters. The Labute approximate surface area is 107 Å². The van der Waals surface area contributed by atoms with E-state index in [1.807, 2.05) is 18.2 Å². The molecule has 0 amide bonds. The molecule has 3 nitrogen and oxygen atoms in total. The maximum absolute atomic E-state index is 8.84. The van der Waals surface area contributed by atoms with Crippen LogP contribution >= 0.6 is 0 Å². The maximum atomic E-state index is 8.84. The zero-order valence-corrected chi connectivity index (χ0v) is 10.5. The van der Waals surface area contributed by atoms with Crippen molar-refractivity contribution in [2.45, 2.75) is 13.0 Å². The highest BCUT2D eigenvalue weighted by Crippen LogP contribution is 2.26. The molecule has 0 bridgehead atoms. The lowest BCUT2D eigenvalue weighted by Gasteiger charge is -2.25. The van der Waals surface area contributed by atoms with Crippen LogP contribution in [0.25, 0.3) is 10.8 Å². The van der Waals surface area contributed by atoms with Gasteiger partial charge in [0.15, 0.2) is 0 Å². The summed E-state index contributed by atoms with van der Waals surface area (Å²) in [5.41, 5.74) is 6.87. The minimum atomic E-state index is -0.455. The molecule has 0 saturated heterocycles. The Morgan fingerprint density at radius 3 is 2.67 bits per heavy atom. The number of anilines is 1. The molecule has 0 spiro atoms. The zero-order chi connectivity index (χ0) is 13.0. The molecule has 18 heavy (non-hydrogen) atoms. The first-order valence-electron chi connectivity index (χ1n) is 6.14. The van der Waals surface area contributed by atoms with E-state index in [-0.39, 0.29) is 0 Å². The van der Waals surface area contributed by atoms with Crippen molar-refractivity contribution in [2.75, 3.05) is 18.0 Å². The molecule has 0 aliphatic rings. The van der Waals surface area contributed by atoms with Crippen molar-refractivity contribution in [3.8, 4) is 6.07 Å². The van der Waals surface area contributed by atoms with Gasteiger partial charge in [0.1, 0.15) is 6.04 Å². The van der Waals surface area contributed by atoms with E-state index in [1.54, 1.807) is 0 Å². The number of hydrogen-bond acceptors (Lipinski definition) is 3. The van der Waals surface area contributed by atoms with Gasteiger partial charge in [-0.1, -0.05) is 36.4 Å². The second-order valence-electron chi connectivity index (χ2n) is 4.27. The molecule has 2 aromatic carbocycles. The highest BCUT2D eigenvalue weighted by molar-refractivity contribution is 5.94. The summed E-state index contributed by atoms with van der Waals surface area (Å²) in [6.07, 6.45) is 0. The predicted octanol–water partition coefficient (Wildman–Crippen LogP) is 2.52. The van der Waals surface area contributed by atoms with Crippen molar-refractivity contribution in [1.29, 1.82) is 5.26 Å². The molecule has 0 aromatic heterocycles. The number of nitrogens with zero attached hydrogens (tertiary/aromatic N) is 2. The van der Waals surface area contributed by atoms with E-state index in [0.717, 1.165) is 12.2 Å². The van der Waals surface area contributed by atoms with Gasteiger partial charge in [0, 0.05) is 24.2 Å². The first-order valence-corrected chi connectivity index (χ1v) is 6.14. The molecule has 2 rings (SSSR count). The fourth-order valence-corrected chi connectivity index (χ4v) is 2.16. The third kappa shape index (κ3) is 2.44. The van der Waals surface area contributed by atoms with Crippen LogP contribution in [0.5, 0.6) is 0 Å². The van der Waals surface area contributed by atoms with Crippen LogP contribution in [0.3, 0.4) is 0 Å². The van der Waals surface area contributed by atoms with Crippen LogP contribution < -0.4 is 10.6 Å². The normalized spacial score (nSPS) is 12.1. The van der Waals surface area contributed by atoms with Crippen LogP contribution in [-0.4, -0.2) is 19.1 Å². The van der Waals surface area contributed by atoms with Crippen molar-refractivity contribution < 1.29 is 0 Å². The van der Waals surface area contributed by atoms with E-state index in [9.17, 15) is 0 Å². The van der Waals surface area contributed by atoms with E-state index in [4.69, 9.17) is 11.0 Å². The van der Waals surface area contributed by atoms with Gasteiger partial charge in [-0.3, -0.25) is 0 Å². The van der Waals surface area contributed by atoms with Crippen molar-refractivity contribution in [3.05, 3.63) is 42.5 Å². The van der Waals surface area contributed by atoms with Gasteiger partial charge in [-0.2, -0.15) is 5.26 Å². The van der Waals surface area contributed by atoms with Gasteiger partial charge < -0.3 is 10.6 Å². The molecule has 2 aromatic rings. The van der Waals surface area contributed by atoms with Crippen LogP contribution in [-0.2, 0) is 0 Å². The molecule has 0 fully saturated rings. The van der Waals surface area contributed by atoms with Gasteiger partial charge in [-0.25, -0.2) is 0 Å². The molecule has 0 radical (unpaired) electrons.